The first-order valence-electron chi connectivity index (χ1n) is 7.94. The number of aromatic nitrogens is 2. The summed E-state index contributed by atoms with van der Waals surface area (Å²) >= 11 is 6.15. The summed E-state index contributed by atoms with van der Waals surface area (Å²) in [5.74, 6) is 0.411. The summed E-state index contributed by atoms with van der Waals surface area (Å²) in [6, 6.07) is 16.0. The van der Waals surface area contributed by atoms with Gasteiger partial charge >= 0.3 is 5.69 Å². The predicted molar refractivity (Wildman–Crippen MR) is 99.2 cm³/mol. The minimum Gasteiger partial charge on any atom is -0.451 e. The number of nitrogens with one attached hydrogen (secondary N) is 3. The normalized spacial score (nSPS) is 11.0. The number of aromatic amines is 2. The molecule has 0 saturated carbocycles. The van der Waals surface area contributed by atoms with E-state index in [1.807, 2.05) is 30.3 Å². The van der Waals surface area contributed by atoms with Crippen molar-refractivity contribution in [2.75, 3.05) is 0 Å². The zero-order valence-electron chi connectivity index (χ0n) is 13.5. The number of hydrogen-bond donors (Lipinski definition) is 3. The van der Waals surface area contributed by atoms with Gasteiger partial charge in [-0.3, -0.25) is 4.79 Å². The third kappa shape index (κ3) is 3.14. The van der Waals surface area contributed by atoms with Crippen molar-refractivity contribution in [3.63, 3.8) is 0 Å². The maximum Gasteiger partial charge on any atom is 0.323 e. The van der Waals surface area contributed by atoms with Crippen LogP contribution in [0.25, 0.3) is 22.4 Å². The number of rotatable bonds is 4. The van der Waals surface area contributed by atoms with Crippen LogP contribution < -0.4 is 11.0 Å². The second-order valence-electron chi connectivity index (χ2n) is 5.79. The first-order chi connectivity index (χ1) is 12.6. The van der Waals surface area contributed by atoms with Crippen LogP contribution in [-0.4, -0.2) is 15.9 Å². The van der Waals surface area contributed by atoms with Crippen molar-refractivity contribution in [2.24, 2.45) is 0 Å². The van der Waals surface area contributed by atoms with Gasteiger partial charge in [0, 0.05) is 12.1 Å². The smallest absolute Gasteiger partial charge is 0.323 e. The van der Waals surface area contributed by atoms with Crippen LogP contribution in [0.1, 0.15) is 16.1 Å². The van der Waals surface area contributed by atoms with Gasteiger partial charge in [-0.15, -0.1) is 0 Å². The van der Waals surface area contributed by atoms with E-state index >= 15 is 0 Å². The fourth-order valence-electron chi connectivity index (χ4n) is 2.72. The summed E-state index contributed by atoms with van der Waals surface area (Å²) in [7, 11) is 0. The molecule has 0 bridgehead atoms. The van der Waals surface area contributed by atoms with E-state index in [1.54, 1.807) is 24.3 Å². The molecule has 1 amide bonds. The van der Waals surface area contributed by atoms with Crippen LogP contribution >= 0.6 is 11.6 Å². The SMILES string of the molecule is O=C(NCc1ccc2[nH]c(=O)[nH]c2c1)c1ccc(-c2ccccc2Cl)o1. The molecular weight excluding hydrogens is 354 g/mol. The highest BCUT2D eigenvalue weighted by Crippen LogP contribution is 2.29. The minimum absolute atomic E-state index is 0.205. The third-order valence-electron chi connectivity index (χ3n) is 4.00. The molecule has 26 heavy (non-hydrogen) atoms. The average molecular weight is 368 g/mol. The summed E-state index contributed by atoms with van der Waals surface area (Å²) in [6.07, 6.45) is 0. The van der Waals surface area contributed by atoms with Crippen LogP contribution in [0.15, 0.2) is 63.8 Å². The molecule has 2 aromatic carbocycles. The van der Waals surface area contributed by atoms with Crippen molar-refractivity contribution in [1.29, 1.82) is 0 Å². The lowest BCUT2D eigenvalue weighted by Crippen LogP contribution is -2.22. The number of fused-ring (bicyclic) bond motifs is 1. The van der Waals surface area contributed by atoms with Gasteiger partial charge in [0.05, 0.1) is 16.1 Å². The highest BCUT2D eigenvalue weighted by atomic mass is 35.5. The van der Waals surface area contributed by atoms with Crippen LogP contribution in [0.4, 0.5) is 0 Å². The van der Waals surface area contributed by atoms with E-state index in [1.165, 1.54) is 0 Å². The van der Waals surface area contributed by atoms with E-state index in [0.717, 1.165) is 16.6 Å². The van der Waals surface area contributed by atoms with E-state index < -0.39 is 0 Å². The second kappa shape index (κ2) is 6.57. The van der Waals surface area contributed by atoms with Gasteiger partial charge in [0.1, 0.15) is 5.76 Å². The molecule has 0 saturated heterocycles. The first-order valence-corrected chi connectivity index (χ1v) is 8.32. The number of benzene rings is 2. The van der Waals surface area contributed by atoms with Crippen LogP contribution in [0.3, 0.4) is 0 Å². The van der Waals surface area contributed by atoms with Gasteiger partial charge in [-0.2, -0.15) is 0 Å². The molecule has 4 rings (SSSR count). The Bertz CT molecular complexity index is 1160. The number of amides is 1. The zero-order valence-corrected chi connectivity index (χ0v) is 14.3. The van der Waals surface area contributed by atoms with Gasteiger partial charge in [-0.25, -0.2) is 4.79 Å². The second-order valence-corrected chi connectivity index (χ2v) is 6.19. The summed E-state index contributed by atoms with van der Waals surface area (Å²) in [4.78, 5) is 29.0. The highest BCUT2D eigenvalue weighted by Gasteiger charge is 2.13. The van der Waals surface area contributed by atoms with Crippen LogP contribution in [0, 0.1) is 0 Å². The molecule has 0 fully saturated rings. The van der Waals surface area contributed by atoms with Gasteiger partial charge < -0.3 is 19.7 Å². The van der Waals surface area contributed by atoms with Crippen molar-refractivity contribution in [3.8, 4) is 11.3 Å². The van der Waals surface area contributed by atoms with Crippen molar-refractivity contribution in [3.05, 3.63) is 81.4 Å². The molecule has 6 nitrogen and oxygen atoms in total. The third-order valence-corrected chi connectivity index (χ3v) is 4.33. The van der Waals surface area contributed by atoms with E-state index in [-0.39, 0.29) is 17.4 Å². The highest BCUT2D eigenvalue weighted by molar-refractivity contribution is 6.33. The van der Waals surface area contributed by atoms with E-state index in [0.29, 0.717) is 22.8 Å². The predicted octanol–water partition coefficient (Wildman–Crippen LogP) is 3.70. The number of carbonyl (C=O) groups is 1. The van der Waals surface area contributed by atoms with Crippen molar-refractivity contribution in [2.45, 2.75) is 6.54 Å². The molecule has 0 aliphatic heterocycles. The molecule has 0 aliphatic rings. The Kier molecular flexibility index (Phi) is 4.10. The van der Waals surface area contributed by atoms with Crippen LogP contribution in [-0.2, 0) is 6.54 Å². The Labute approximate surface area is 152 Å². The molecule has 0 aliphatic carbocycles. The largest absolute Gasteiger partial charge is 0.451 e. The quantitative estimate of drug-likeness (QED) is 0.513. The van der Waals surface area contributed by atoms with Gasteiger partial charge in [0.15, 0.2) is 5.76 Å². The molecule has 0 atom stereocenters. The minimum atomic E-state index is -0.328. The zero-order chi connectivity index (χ0) is 18.1. The summed E-state index contributed by atoms with van der Waals surface area (Å²) in [5.41, 5.74) is 2.75. The van der Waals surface area contributed by atoms with Crippen molar-refractivity contribution < 1.29 is 9.21 Å². The Morgan fingerprint density at radius 3 is 2.69 bits per heavy atom. The standard InChI is InChI=1S/C19H14ClN3O3/c20-13-4-2-1-3-12(13)16-7-8-17(26-16)18(24)21-10-11-5-6-14-15(9-11)23-19(25)22-14/h1-9H,10H2,(H,21,24)(H2,22,23,25). The fourth-order valence-corrected chi connectivity index (χ4v) is 2.95. The molecule has 130 valence electrons. The number of H-pyrrole nitrogens is 2. The molecule has 4 aromatic rings. The van der Waals surface area contributed by atoms with E-state index in [2.05, 4.69) is 15.3 Å². The molecule has 2 heterocycles. The topological polar surface area (TPSA) is 90.9 Å². The van der Waals surface area contributed by atoms with Crippen molar-refractivity contribution >= 4 is 28.5 Å². The molecule has 0 unspecified atom stereocenters. The maximum atomic E-state index is 12.3. The summed E-state index contributed by atoms with van der Waals surface area (Å²) in [6.45, 7) is 0.310. The number of carbonyl (C=O) groups excluding carboxylic acids is 1. The number of hydrogen-bond acceptors (Lipinski definition) is 3. The van der Waals surface area contributed by atoms with E-state index in [4.69, 9.17) is 16.0 Å². The molecule has 0 spiro atoms. The van der Waals surface area contributed by atoms with E-state index in [9.17, 15) is 9.59 Å². The lowest BCUT2D eigenvalue weighted by Gasteiger charge is -2.04. The average Bonchev–Trinajstić information content (AvgIpc) is 3.25. The summed E-state index contributed by atoms with van der Waals surface area (Å²) < 4.78 is 5.63. The van der Waals surface area contributed by atoms with Gasteiger partial charge in [-0.05, 0) is 42.0 Å². The Morgan fingerprint density at radius 2 is 1.85 bits per heavy atom. The van der Waals surface area contributed by atoms with Crippen LogP contribution in [0.2, 0.25) is 5.02 Å². The summed E-state index contributed by atoms with van der Waals surface area (Å²) in [5, 5.41) is 3.36. The molecule has 0 radical (unpaired) electrons. The monoisotopic (exact) mass is 367 g/mol. The molecule has 3 N–H and O–H groups in total. The number of furan rings is 1. The number of imidazole rings is 1. The Balaban J connectivity index is 1.48. The number of halogens is 1. The lowest BCUT2D eigenvalue weighted by atomic mass is 10.2. The van der Waals surface area contributed by atoms with Crippen LogP contribution in [0.5, 0.6) is 0 Å². The van der Waals surface area contributed by atoms with Gasteiger partial charge in [-0.1, -0.05) is 29.8 Å². The van der Waals surface area contributed by atoms with Crippen molar-refractivity contribution in [1.82, 2.24) is 15.3 Å². The maximum absolute atomic E-state index is 12.3. The molecule has 7 heteroatoms. The Hall–Kier alpha value is -3.25. The molecule has 2 aromatic heterocycles. The Morgan fingerprint density at radius 1 is 1.04 bits per heavy atom. The van der Waals surface area contributed by atoms with Gasteiger partial charge in [0.25, 0.3) is 5.91 Å². The fraction of sp³-hybridized carbons (Fsp3) is 0.0526. The van der Waals surface area contributed by atoms with Gasteiger partial charge in [0.2, 0.25) is 0 Å². The molecular formula is C19H14ClN3O3. The first kappa shape index (κ1) is 16.2. The lowest BCUT2D eigenvalue weighted by molar-refractivity contribution is 0.0924.